The van der Waals surface area contributed by atoms with E-state index >= 15 is 4.39 Å². The number of hydrogen-bond acceptors (Lipinski definition) is 4. The first kappa shape index (κ1) is 27.6. The van der Waals surface area contributed by atoms with Crippen LogP contribution in [0.3, 0.4) is 0 Å². The number of carboxylic acids is 1. The number of pyridine rings is 1. The molecule has 37 heavy (non-hydrogen) atoms. The van der Waals surface area contributed by atoms with Crippen LogP contribution in [0.1, 0.15) is 49.4 Å². The predicted octanol–water partition coefficient (Wildman–Crippen LogP) is 7.39. The van der Waals surface area contributed by atoms with Crippen molar-refractivity contribution in [3.8, 4) is 5.75 Å². The molecule has 1 saturated heterocycles. The second-order valence-electron chi connectivity index (χ2n) is 9.85. The van der Waals surface area contributed by atoms with E-state index in [0.717, 1.165) is 48.8 Å². The van der Waals surface area contributed by atoms with Crippen LogP contribution in [-0.2, 0) is 11.2 Å². The first-order chi connectivity index (χ1) is 17.9. The Morgan fingerprint density at radius 1 is 1.24 bits per heavy atom. The Bertz CT molecular complexity index is 1220. The second-order valence-corrected chi connectivity index (χ2v) is 10.6. The van der Waals surface area contributed by atoms with E-state index in [0.29, 0.717) is 40.7 Å². The van der Waals surface area contributed by atoms with Crippen LogP contribution in [0.25, 0.3) is 10.9 Å². The molecular weight excluding hydrogens is 514 g/mol. The van der Waals surface area contributed by atoms with Gasteiger partial charge in [0, 0.05) is 24.5 Å². The van der Waals surface area contributed by atoms with Crippen molar-refractivity contribution in [3.05, 3.63) is 69.8 Å². The molecule has 0 radical (unpaired) electrons. The number of rotatable bonds is 11. The number of aliphatic carboxylic acids is 1. The summed E-state index contributed by atoms with van der Waals surface area (Å²) in [4.78, 5) is 18.3. The van der Waals surface area contributed by atoms with Crippen LogP contribution in [0.15, 0.2) is 48.7 Å². The van der Waals surface area contributed by atoms with Crippen molar-refractivity contribution in [1.29, 1.82) is 0 Å². The summed E-state index contributed by atoms with van der Waals surface area (Å²) in [5.41, 5.74) is 2.37. The lowest BCUT2D eigenvalue weighted by Gasteiger charge is -2.38. The molecule has 0 saturated carbocycles. The Hall–Kier alpha value is -2.41. The number of piperidine rings is 1. The van der Waals surface area contributed by atoms with E-state index in [9.17, 15) is 9.90 Å². The van der Waals surface area contributed by atoms with Gasteiger partial charge < -0.3 is 14.7 Å². The zero-order valence-electron chi connectivity index (χ0n) is 21.0. The van der Waals surface area contributed by atoms with Crippen molar-refractivity contribution < 1.29 is 19.0 Å². The highest BCUT2D eigenvalue weighted by Gasteiger charge is 2.31. The lowest BCUT2D eigenvalue weighted by atomic mass is 9.79. The number of hydrogen-bond donors (Lipinski definition) is 1. The summed E-state index contributed by atoms with van der Waals surface area (Å²) in [5, 5.41) is 11.5. The lowest BCUT2D eigenvalue weighted by Crippen LogP contribution is -2.42. The molecule has 0 spiro atoms. The fraction of sp³-hybridized carbons (Fsp3) is 0.448. The monoisotopic (exact) mass is 546 g/mol. The van der Waals surface area contributed by atoms with E-state index in [2.05, 4.69) is 9.88 Å². The number of benzene rings is 2. The average molecular weight is 547 g/mol. The molecule has 2 aromatic carbocycles. The van der Waals surface area contributed by atoms with Crippen LogP contribution in [0.5, 0.6) is 5.75 Å². The van der Waals surface area contributed by atoms with Crippen LogP contribution in [0.4, 0.5) is 4.39 Å². The number of methoxy groups -OCH3 is 1. The number of aryl methyl sites for hydroxylation is 1. The van der Waals surface area contributed by atoms with E-state index in [1.54, 1.807) is 25.4 Å². The number of likely N-dealkylation sites (tertiary alicyclic amines) is 1. The van der Waals surface area contributed by atoms with E-state index in [4.69, 9.17) is 27.9 Å². The molecular formula is C29H33Cl2FN2O3. The van der Waals surface area contributed by atoms with Crippen LogP contribution in [0.2, 0.25) is 10.0 Å². The molecule has 198 valence electrons. The normalized spacial score (nSPS) is 19.1. The second kappa shape index (κ2) is 12.9. The lowest BCUT2D eigenvalue weighted by molar-refractivity contribution is -0.139. The highest BCUT2D eigenvalue weighted by molar-refractivity contribution is 6.42. The largest absolute Gasteiger partial charge is 0.497 e. The molecule has 0 amide bonds. The maximum Gasteiger partial charge on any atom is 0.303 e. The van der Waals surface area contributed by atoms with Gasteiger partial charge in [-0.3, -0.25) is 9.78 Å². The summed E-state index contributed by atoms with van der Waals surface area (Å²) in [6.07, 6.45) is 4.19. The van der Waals surface area contributed by atoms with Gasteiger partial charge in [0.25, 0.3) is 0 Å². The fourth-order valence-electron chi connectivity index (χ4n) is 5.49. The number of ether oxygens (including phenoxy) is 1. The number of halogens is 3. The molecule has 3 aromatic rings. The maximum absolute atomic E-state index is 15.5. The molecule has 1 N–H and O–H groups in total. The van der Waals surface area contributed by atoms with Gasteiger partial charge in [-0.1, -0.05) is 35.3 Å². The van der Waals surface area contributed by atoms with Crippen LogP contribution in [0, 0.1) is 11.8 Å². The van der Waals surface area contributed by atoms with Gasteiger partial charge in [0.1, 0.15) is 11.9 Å². The summed E-state index contributed by atoms with van der Waals surface area (Å²) in [6.45, 7) is 2.46. The van der Waals surface area contributed by atoms with E-state index in [-0.39, 0.29) is 18.3 Å². The predicted molar refractivity (Wildman–Crippen MR) is 146 cm³/mol. The molecule has 1 aromatic heterocycles. The molecule has 2 heterocycles. The van der Waals surface area contributed by atoms with Gasteiger partial charge >= 0.3 is 5.97 Å². The zero-order valence-corrected chi connectivity index (χ0v) is 22.5. The van der Waals surface area contributed by atoms with E-state index in [1.807, 2.05) is 30.3 Å². The first-order valence-electron chi connectivity index (χ1n) is 12.8. The van der Waals surface area contributed by atoms with Crippen molar-refractivity contribution in [2.45, 2.75) is 44.7 Å². The minimum absolute atomic E-state index is 0.00230. The van der Waals surface area contributed by atoms with Gasteiger partial charge in [0.15, 0.2) is 0 Å². The average Bonchev–Trinajstić information content (AvgIpc) is 2.89. The molecule has 0 bridgehead atoms. The zero-order chi connectivity index (χ0) is 26.4. The number of nitrogens with zero attached hydrogens (tertiary/aromatic N) is 2. The van der Waals surface area contributed by atoms with Crippen molar-refractivity contribution in [2.75, 3.05) is 26.7 Å². The number of carbonyl (C=O) groups is 1. The van der Waals surface area contributed by atoms with Gasteiger partial charge in [-0.25, -0.2) is 4.39 Å². The third-order valence-electron chi connectivity index (χ3n) is 7.48. The summed E-state index contributed by atoms with van der Waals surface area (Å²) in [6, 6.07) is 12.9. The Balaban J connectivity index is 1.35. The molecule has 0 unspecified atom stereocenters. The summed E-state index contributed by atoms with van der Waals surface area (Å²) >= 11 is 12.4. The highest BCUT2D eigenvalue weighted by atomic mass is 35.5. The van der Waals surface area contributed by atoms with Crippen molar-refractivity contribution in [1.82, 2.24) is 9.88 Å². The Morgan fingerprint density at radius 3 is 2.86 bits per heavy atom. The molecule has 0 aliphatic carbocycles. The molecule has 1 fully saturated rings. The summed E-state index contributed by atoms with van der Waals surface area (Å²) in [5.74, 6) is 0.0464. The standard InChI is InChI=1S/C29H33Cl2FN2O3/c1-37-22-8-10-27-24(17-22)23(11-13-33-27)26(32)9-7-19-12-15-34(18-21(19)16-28(35)36)14-3-5-20-4-2-6-25(30)29(20)31/h2,4,6,8,10-11,13,17,19,21,26H,3,5,7,9,12,14-16,18H2,1H3,(H,35,36)/t19-,21+,26-/m1/s1. The van der Waals surface area contributed by atoms with Gasteiger partial charge in [-0.15, -0.1) is 0 Å². The number of alkyl halides is 1. The SMILES string of the molecule is COc1ccc2nccc([C@H](F)CC[C@@H]3CCN(CCCc4cccc(Cl)c4Cl)C[C@@H]3CC(=O)O)c2c1. The fourth-order valence-corrected chi connectivity index (χ4v) is 5.91. The third kappa shape index (κ3) is 7.13. The minimum atomic E-state index is -1.15. The number of carboxylic acid groups (broad SMARTS) is 1. The summed E-state index contributed by atoms with van der Waals surface area (Å²) < 4.78 is 20.8. The minimum Gasteiger partial charge on any atom is -0.497 e. The quantitative estimate of drug-likeness (QED) is 0.271. The van der Waals surface area contributed by atoms with Crippen molar-refractivity contribution in [3.63, 3.8) is 0 Å². The topological polar surface area (TPSA) is 62.7 Å². The molecule has 5 nitrogen and oxygen atoms in total. The smallest absolute Gasteiger partial charge is 0.303 e. The number of fused-ring (bicyclic) bond motifs is 1. The summed E-state index contributed by atoms with van der Waals surface area (Å²) in [7, 11) is 1.59. The molecule has 4 rings (SSSR count). The number of aromatic nitrogens is 1. The highest BCUT2D eigenvalue weighted by Crippen LogP contribution is 2.36. The molecule has 3 atom stereocenters. The Labute approximate surface area is 227 Å². The van der Waals surface area contributed by atoms with Crippen LogP contribution < -0.4 is 4.74 Å². The Morgan fingerprint density at radius 2 is 2.08 bits per heavy atom. The molecule has 1 aliphatic rings. The van der Waals surface area contributed by atoms with Crippen molar-refractivity contribution >= 4 is 40.1 Å². The van der Waals surface area contributed by atoms with Gasteiger partial charge in [0.2, 0.25) is 0 Å². The molecule has 8 heteroatoms. The van der Waals surface area contributed by atoms with Gasteiger partial charge in [-0.05, 0) is 98.5 Å². The van der Waals surface area contributed by atoms with E-state index in [1.165, 1.54) is 0 Å². The maximum atomic E-state index is 15.5. The van der Waals surface area contributed by atoms with E-state index < -0.39 is 12.1 Å². The van der Waals surface area contributed by atoms with Gasteiger partial charge in [0.05, 0.1) is 22.7 Å². The van der Waals surface area contributed by atoms with Crippen molar-refractivity contribution in [2.24, 2.45) is 11.8 Å². The van der Waals surface area contributed by atoms with Gasteiger partial charge in [-0.2, -0.15) is 0 Å². The van der Waals surface area contributed by atoms with Crippen LogP contribution >= 0.6 is 23.2 Å². The third-order valence-corrected chi connectivity index (χ3v) is 8.33. The van der Waals surface area contributed by atoms with Crippen LogP contribution in [-0.4, -0.2) is 47.7 Å². The Kier molecular flexibility index (Phi) is 9.63. The first-order valence-corrected chi connectivity index (χ1v) is 13.5. The molecule has 1 aliphatic heterocycles.